The molecule has 1 N–H and O–H groups in total. The van der Waals surface area contributed by atoms with Gasteiger partial charge in [0.2, 0.25) is 11.8 Å². The monoisotopic (exact) mass is 699 g/mol. The van der Waals surface area contributed by atoms with Crippen molar-refractivity contribution in [3.63, 3.8) is 0 Å². The van der Waals surface area contributed by atoms with Crippen LogP contribution in [0.5, 0.6) is 0 Å². The molecule has 2 aliphatic heterocycles. The van der Waals surface area contributed by atoms with Crippen LogP contribution in [0.4, 0.5) is 10.5 Å². The molecular formula is C40H50ClN5O4. The van der Waals surface area contributed by atoms with E-state index in [2.05, 4.69) is 47.4 Å². The summed E-state index contributed by atoms with van der Waals surface area (Å²) in [5, 5.41) is 3.69. The van der Waals surface area contributed by atoms with Gasteiger partial charge in [-0.15, -0.1) is 0 Å². The third-order valence-corrected chi connectivity index (χ3v) is 10.5. The Morgan fingerprint density at radius 1 is 0.940 bits per heavy atom. The lowest BCUT2D eigenvalue weighted by Crippen LogP contribution is -2.56. The molecule has 0 bridgehead atoms. The Kier molecular flexibility index (Phi) is 10.7. The van der Waals surface area contributed by atoms with E-state index < -0.39 is 23.8 Å². The number of ether oxygens (including phenoxy) is 1. The zero-order valence-electron chi connectivity index (χ0n) is 30.0. The van der Waals surface area contributed by atoms with E-state index in [-0.39, 0.29) is 18.2 Å². The molecule has 266 valence electrons. The average molecular weight is 700 g/mol. The molecule has 6 rings (SSSR count). The predicted octanol–water partition coefficient (Wildman–Crippen LogP) is 6.02. The molecule has 2 heterocycles. The Bertz CT molecular complexity index is 1700. The summed E-state index contributed by atoms with van der Waals surface area (Å²) in [6.45, 7) is 8.43. The van der Waals surface area contributed by atoms with Crippen molar-refractivity contribution in [1.82, 2.24) is 20.0 Å². The number of carbonyl (C=O) groups excluding carboxylic acids is 3. The molecule has 9 nitrogen and oxygen atoms in total. The summed E-state index contributed by atoms with van der Waals surface area (Å²) in [6.07, 6.45) is 3.16. The fourth-order valence-corrected chi connectivity index (χ4v) is 7.68. The van der Waals surface area contributed by atoms with Crippen LogP contribution < -0.4 is 10.2 Å². The second kappa shape index (κ2) is 15.0. The fraction of sp³-hybridized carbons (Fsp3) is 0.475. The van der Waals surface area contributed by atoms with E-state index in [4.69, 9.17) is 16.3 Å². The first-order chi connectivity index (χ1) is 23.9. The Morgan fingerprint density at radius 3 is 2.34 bits per heavy atom. The molecule has 3 amide bonds. The molecule has 10 heteroatoms. The Labute approximate surface area is 301 Å². The number of nitrogens with one attached hydrogen (secondary N) is 1. The maximum atomic E-state index is 14.2. The quantitative estimate of drug-likeness (QED) is 0.310. The van der Waals surface area contributed by atoms with Crippen molar-refractivity contribution in [3.8, 4) is 0 Å². The molecule has 1 saturated heterocycles. The standard InChI is InChI=1S/C40H50ClN5O4/c1-40(2,3)50-39(49)46-26-29-9-6-7-11-32(29)36(46)25-37(47)42-34(23-27-13-16-30(41)17-14-27)38(48)45-21-19-44(20-22-45)35-12-8-10-28-15-18-31(43(4)5)24-33(28)35/h6-14,16-17,31,34,36H,15,18-26H2,1-5H3,(H,42,47)/t31?,34-,36?/m1/s1. The van der Waals surface area contributed by atoms with Gasteiger partial charge in [0.25, 0.3) is 0 Å². The number of carbonyl (C=O) groups is 3. The largest absolute Gasteiger partial charge is 0.444 e. The molecule has 3 atom stereocenters. The van der Waals surface area contributed by atoms with Gasteiger partial charge in [-0.25, -0.2) is 4.79 Å². The molecule has 2 unspecified atom stereocenters. The third-order valence-electron chi connectivity index (χ3n) is 10.2. The highest BCUT2D eigenvalue weighted by molar-refractivity contribution is 6.30. The van der Waals surface area contributed by atoms with Crippen molar-refractivity contribution in [1.29, 1.82) is 0 Å². The summed E-state index contributed by atoms with van der Waals surface area (Å²) in [7, 11) is 4.32. The first kappa shape index (κ1) is 35.7. The molecule has 1 aliphatic carbocycles. The molecule has 0 aromatic heterocycles. The number of benzene rings is 3. The van der Waals surface area contributed by atoms with E-state index in [9.17, 15) is 14.4 Å². The van der Waals surface area contributed by atoms with E-state index in [0.717, 1.165) is 42.6 Å². The molecule has 0 radical (unpaired) electrons. The minimum atomic E-state index is -0.771. The van der Waals surface area contributed by atoms with Gasteiger partial charge in [0.05, 0.1) is 12.5 Å². The van der Waals surface area contributed by atoms with Crippen molar-refractivity contribution >= 4 is 35.2 Å². The van der Waals surface area contributed by atoms with Crippen LogP contribution in [0.2, 0.25) is 5.02 Å². The minimum absolute atomic E-state index is 0.0154. The third kappa shape index (κ3) is 8.27. The summed E-state index contributed by atoms with van der Waals surface area (Å²) in [5.41, 5.74) is 6.27. The average Bonchev–Trinajstić information content (AvgIpc) is 3.45. The van der Waals surface area contributed by atoms with Crippen molar-refractivity contribution in [2.24, 2.45) is 0 Å². The molecule has 0 spiro atoms. The number of hydrogen-bond acceptors (Lipinski definition) is 6. The van der Waals surface area contributed by atoms with E-state index in [1.54, 1.807) is 17.0 Å². The van der Waals surface area contributed by atoms with Crippen molar-refractivity contribution in [2.75, 3.05) is 45.2 Å². The number of piperazine rings is 1. The first-order valence-electron chi connectivity index (χ1n) is 17.8. The van der Waals surface area contributed by atoms with Crippen LogP contribution in [0.1, 0.15) is 67.5 Å². The lowest BCUT2D eigenvalue weighted by molar-refractivity contribution is -0.137. The van der Waals surface area contributed by atoms with Crippen molar-refractivity contribution < 1.29 is 19.1 Å². The predicted molar refractivity (Wildman–Crippen MR) is 197 cm³/mol. The van der Waals surface area contributed by atoms with E-state index >= 15 is 0 Å². The summed E-state index contributed by atoms with van der Waals surface area (Å²) >= 11 is 6.17. The zero-order valence-corrected chi connectivity index (χ0v) is 30.7. The summed E-state index contributed by atoms with van der Waals surface area (Å²) in [5.74, 6) is -0.399. The van der Waals surface area contributed by atoms with Crippen LogP contribution in [0.25, 0.3) is 0 Å². The number of halogens is 1. The number of hydrogen-bond donors (Lipinski definition) is 1. The first-order valence-corrected chi connectivity index (χ1v) is 18.2. The van der Waals surface area contributed by atoms with E-state index in [0.29, 0.717) is 37.1 Å². The normalized spacial score (nSPS) is 19.5. The second-order valence-electron chi connectivity index (χ2n) is 15.1. The van der Waals surface area contributed by atoms with Gasteiger partial charge in [-0.1, -0.05) is 60.1 Å². The Balaban J connectivity index is 1.16. The highest BCUT2D eigenvalue weighted by atomic mass is 35.5. The van der Waals surface area contributed by atoms with Crippen LogP contribution >= 0.6 is 11.6 Å². The van der Waals surface area contributed by atoms with Gasteiger partial charge in [-0.3, -0.25) is 14.5 Å². The highest BCUT2D eigenvalue weighted by Gasteiger charge is 2.38. The molecule has 50 heavy (non-hydrogen) atoms. The van der Waals surface area contributed by atoms with Crippen molar-refractivity contribution in [2.45, 2.75) is 83.1 Å². The van der Waals surface area contributed by atoms with Crippen LogP contribution in [0, 0.1) is 0 Å². The van der Waals surface area contributed by atoms with Gasteiger partial charge in [0.1, 0.15) is 11.6 Å². The second-order valence-corrected chi connectivity index (χ2v) is 15.5. The van der Waals surface area contributed by atoms with Crippen LogP contribution in [-0.4, -0.2) is 90.6 Å². The number of aryl methyl sites for hydroxylation is 1. The molecule has 3 aliphatic rings. The summed E-state index contributed by atoms with van der Waals surface area (Å²) in [6, 6.07) is 21.1. The van der Waals surface area contributed by atoms with Crippen molar-refractivity contribution in [3.05, 3.63) is 99.6 Å². The SMILES string of the molecule is CN(C)C1CCc2cccc(N3CCN(C(=O)[C@@H](Cc4ccc(Cl)cc4)NC(=O)CC4c5ccccc5CN4C(=O)OC(C)(C)C)CC3)c2C1. The number of nitrogens with zero attached hydrogens (tertiary/aromatic N) is 4. The van der Waals surface area contributed by atoms with E-state index in [1.165, 1.54) is 23.2 Å². The molecular weight excluding hydrogens is 650 g/mol. The Morgan fingerprint density at radius 2 is 1.64 bits per heavy atom. The number of likely N-dealkylation sites (N-methyl/N-ethyl adjacent to an activating group) is 1. The molecule has 3 aromatic carbocycles. The van der Waals surface area contributed by atoms with Crippen LogP contribution in [0.15, 0.2) is 66.7 Å². The number of fused-ring (bicyclic) bond motifs is 2. The Hall–Kier alpha value is -4.08. The minimum Gasteiger partial charge on any atom is -0.444 e. The fourth-order valence-electron chi connectivity index (χ4n) is 7.56. The topological polar surface area (TPSA) is 85.4 Å². The molecule has 3 aromatic rings. The van der Waals surface area contributed by atoms with Gasteiger partial charge in [0.15, 0.2) is 0 Å². The van der Waals surface area contributed by atoms with Gasteiger partial charge in [0, 0.05) is 55.9 Å². The smallest absolute Gasteiger partial charge is 0.411 e. The lowest BCUT2D eigenvalue weighted by atomic mass is 9.86. The lowest BCUT2D eigenvalue weighted by Gasteiger charge is -2.40. The van der Waals surface area contributed by atoms with E-state index in [1.807, 2.05) is 62.1 Å². The molecule has 1 fully saturated rings. The molecule has 0 saturated carbocycles. The number of rotatable bonds is 8. The van der Waals surface area contributed by atoms with Crippen LogP contribution in [0.3, 0.4) is 0 Å². The number of amides is 3. The maximum absolute atomic E-state index is 14.2. The highest BCUT2D eigenvalue weighted by Crippen LogP contribution is 2.37. The van der Waals surface area contributed by atoms with Crippen LogP contribution in [-0.2, 0) is 40.1 Å². The van der Waals surface area contributed by atoms with Gasteiger partial charge >= 0.3 is 6.09 Å². The summed E-state index contributed by atoms with van der Waals surface area (Å²) < 4.78 is 5.72. The number of anilines is 1. The van der Waals surface area contributed by atoms with Gasteiger partial charge in [-0.2, -0.15) is 0 Å². The van der Waals surface area contributed by atoms with Gasteiger partial charge < -0.3 is 24.8 Å². The zero-order chi connectivity index (χ0) is 35.6. The maximum Gasteiger partial charge on any atom is 0.411 e. The summed E-state index contributed by atoms with van der Waals surface area (Å²) in [4.78, 5) is 49.6. The van der Waals surface area contributed by atoms with Gasteiger partial charge in [-0.05, 0) is 100 Å².